The summed E-state index contributed by atoms with van der Waals surface area (Å²) in [4.78, 5) is 4.60. The Morgan fingerprint density at radius 3 is 2.80 bits per heavy atom. The Morgan fingerprint density at radius 2 is 2.10 bits per heavy atom. The molecule has 1 N–H and O–H groups in total. The summed E-state index contributed by atoms with van der Waals surface area (Å²) in [6.45, 7) is 4.64. The Hall–Kier alpha value is -1.78. The fourth-order valence-corrected chi connectivity index (χ4v) is 2.88. The summed E-state index contributed by atoms with van der Waals surface area (Å²) >= 11 is 0. The van der Waals surface area contributed by atoms with Gasteiger partial charge in [0.2, 0.25) is 5.95 Å². The number of hydrogen-bond donors (Lipinski definition) is 1. The second-order valence-electron chi connectivity index (χ2n) is 5.74. The molecule has 0 aliphatic heterocycles. The topological polar surface area (TPSA) is 55.9 Å². The molecule has 20 heavy (non-hydrogen) atoms. The average molecular weight is 274 g/mol. The van der Waals surface area contributed by atoms with Crippen molar-refractivity contribution in [2.75, 3.05) is 5.32 Å². The van der Waals surface area contributed by atoms with E-state index in [-0.39, 0.29) is 0 Å². The zero-order chi connectivity index (χ0) is 13.9. The Bertz CT molecular complexity index is 566. The van der Waals surface area contributed by atoms with E-state index in [2.05, 4.69) is 26.2 Å². The molecule has 0 bridgehead atoms. The zero-order valence-corrected chi connectivity index (χ0v) is 12.2. The summed E-state index contributed by atoms with van der Waals surface area (Å²) in [5, 5.41) is 7.65. The quantitative estimate of drug-likeness (QED) is 0.929. The molecule has 0 atom stereocenters. The Morgan fingerprint density at radius 1 is 1.30 bits per heavy atom. The third kappa shape index (κ3) is 3.03. The minimum atomic E-state index is 0.559. The van der Waals surface area contributed by atoms with E-state index >= 15 is 0 Å². The minimum absolute atomic E-state index is 0.559. The molecular formula is C15H22N4O. The fourth-order valence-electron chi connectivity index (χ4n) is 2.88. The van der Waals surface area contributed by atoms with E-state index in [0.29, 0.717) is 12.6 Å². The molecule has 3 rings (SSSR count). The number of nitrogens with one attached hydrogen (secondary N) is 1. The SMILES string of the molecule is Cc1cn(Cc2cc(C)on2)c(NC2CCCCC2)n1. The van der Waals surface area contributed by atoms with Crippen LogP contribution < -0.4 is 5.32 Å². The van der Waals surface area contributed by atoms with Crippen LogP contribution in [0.2, 0.25) is 0 Å². The molecule has 1 fully saturated rings. The average Bonchev–Trinajstić information content (AvgIpc) is 2.98. The number of hydrogen-bond acceptors (Lipinski definition) is 4. The Labute approximate surface area is 119 Å². The van der Waals surface area contributed by atoms with Crippen molar-refractivity contribution in [2.45, 2.75) is 58.5 Å². The summed E-state index contributed by atoms with van der Waals surface area (Å²) in [6.07, 6.45) is 8.56. The van der Waals surface area contributed by atoms with Crippen molar-refractivity contribution in [2.24, 2.45) is 0 Å². The first-order valence-electron chi connectivity index (χ1n) is 7.43. The van der Waals surface area contributed by atoms with Crippen LogP contribution in [0.5, 0.6) is 0 Å². The lowest BCUT2D eigenvalue weighted by Gasteiger charge is -2.23. The van der Waals surface area contributed by atoms with Crippen molar-refractivity contribution in [1.29, 1.82) is 0 Å². The van der Waals surface area contributed by atoms with Crippen LogP contribution in [0, 0.1) is 13.8 Å². The van der Waals surface area contributed by atoms with Crippen molar-refractivity contribution in [3.63, 3.8) is 0 Å². The molecule has 1 aliphatic rings. The molecule has 2 aromatic heterocycles. The summed E-state index contributed by atoms with van der Waals surface area (Å²) in [6, 6.07) is 2.53. The second-order valence-corrected chi connectivity index (χ2v) is 5.74. The maximum absolute atomic E-state index is 5.13. The predicted molar refractivity (Wildman–Crippen MR) is 77.8 cm³/mol. The van der Waals surface area contributed by atoms with Crippen LogP contribution >= 0.6 is 0 Å². The van der Waals surface area contributed by atoms with Crippen molar-refractivity contribution >= 4 is 5.95 Å². The van der Waals surface area contributed by atoms with E-state index in [9.17, 15) is 0 Å². The Kier molecular flexibility index (Phi) is 3.76. The number of nitrogens with zero attached hydrogens (tertiary/aromatic N) is 3. The molecule has 5 nitrogen and oxygen atoms in total. The van der Waals surface area contributed by atoms with E-state index in [1.54, 1.807) is 0 Å². The van der Waals surface area contributed by atoms with Gasteiger partial charge in [-0.3, -0.25) is 0 Å². The van der Waals surface area contributed by atoms with Gasteiger partial charge in [-0.05, 0) is 26.7 Å². The molecule has 0 amide bonds. The lowest BCUT2D eigenvalue weighted by atomic mass is 9.96. The lowest BCUT2D eigenvalue weighted by molar-refractivity contribution is 0.389. The Balaban J connectivity index is 1.73. The van der Waals surface area contributed by atoms with Crippen LogP contribution in [0.4, 0.5) is 5.95 Å². The highest BCUT2D eigenvalue weighted by atomic mass is 16.5. The fraction of sp³-hybridized carbons (Fsp3) is 0.600. The van der Waals surface area contributed by atoms with Crippen LogP contribution in [-0.2, 0) is 6.54 Å². The molecule has 1 saturated carbocycles. The standard InChI is InChI=1S/C15H22N4O/c1-11-9-19(10-14-8-12(2)20-18-14)15(16-11)17-13-6-4-3-5-7-13/h8-9,13H,3-7,10H2,1-2H3,(H,16,17). The number of aryl methyl sites for hydroxylation is 2. The molecule has 2 aromatic rings. The number of imidazole rings is 1. The summed E-state index contributed by atoms with van der Waals surface area (Å²) in [5.74, 6) is 1.80. The van der Waals surface area contributed by atoms with Crippen molar-refractivity contribution in [1.82, 2.24) is 14.7 Å². The molecule has 0 unspecified atom stereocenters. The van der Waals surface area contributed by atoms with Gasteiger partial charge in [-0.2, -0.15) is 0 Å². The van der Waals surface area contributed by atoms with Gasteiger partial charge in [0, 0.05) is 18.3 Å². The van der Waals surface area contributed by atoms with E-state index in [1.165, 1.54) is 32.1 Å². The van der Waals surface area contributed by atoms with E-state index in [0.717, 1.165) is 23.1 Å². The largest absolute Gasteiger partial charge is 0.361 e. The highest BCUT2D eigenvalue weighted by Gasteiger charge is 2.16. The van der Waals surface area contributed by atoms with E-state index in [1.807, 2.05) is 19.9 Å². The van der Waals surface area contributed by atoms with Gasteiger partial charge in [-0.1, -0.05) is 24.4 Å². The van der Waals surface area contributed by atoms with Crippen LogP contribution in [0.25, 0.3) is 0 Å². The molecule has 0 aromatic carbocycles. The summed E-state index contributed by atoms with van der Waals surface area (Å²) in [7, 11) is 0. The lowest BCUT2D eigenvalue weighted by Crippen LogP contribution is -2.24. The smallest absolute Gasteiger partial charge is 0.203 e. The highest BCUT2D eigenvalue weighted by molar-refractivity contribution is 5.31. The van der Waals surface area contributed by atoms with Gasteiger partial charge < -0.3 is 14.4 Å². The highest BCUT2D eigenvalue weighted by Crippen LogP contribution is 2.22. The second kappa shape index (κ2) is 5.69. The van der Waals surface area contributed by atoms with Gasteiger partial charge >= 0.3 is 0 Å². The van der Waals surface area contributed by atoms with Gasteiger partial charge in [0.25, 0.3) is 0 Å². The first-order valence-corrected chi connectivity index (χ1v) is 7.43. The normalized spacial score (nSPS) is 16.5. The van der Waals surface area contributed by atoms with E-state index < -0.39 is 0 Å². The third-order valence-electron chi connectivity index (χ3n) is 3.84. The van der Waals surface area contributed by atoms with Crippen molar-refractivity contribution < 1.29 is 4.52 Å². The summed E-state index contributed by atoms with van der Waals surface area (Å²) < 4.78 is 7.26. The monoisotopic (exact) mass is 274 g/mol. The molecule has 108 valence electrons. The maximum Gasteiger partial charge on any atom is 0.203 e. The van der Waals surface area contributed by atoms with Crippen LogP contribution in [0.3, 0.4) is 0 Å². The zero-order valence-electron chi connectivity index (χ0n) is 12.2. The van der Waals surface area contributed by atoms with Gasteiger partial charge in [0.05, 0.1) is 12.2 Å². The molecule has 0 spiro atoms. The van der Waals surface area contributed by atoms with Crippen molar-refractivity contribution in [3.8, 4) is 0 Å². The molecule has 0 radical (unpaired) electrons. The maximum atomic E-state index is 5.13. The van der Waals surface area contributed by atoms with Crippen LogP contribution in [0.1, 0.15) is 49.3 Å². The van der Waals surface area contributed by atoms with Gasteiger partial charge in [-0.25, -0.2) is 4.98 Å². The number of aromatic nitrogens is 3. The number of anilines is 1. The molecule has 1 aliphatic carbocycles. The van der Waals surface area contributed by atoms with Crippen molar-refractivity contribution in [3.05, 3.63) is 29.4 Å². The molecule has 5 heteroatoms. The predicted octanol–water partition coefficient (Wildman–Crippen LogP) is 3.28. The minimum Gasteiger partial charge on any atom is -0.361 e. The van der Waals surface area contributed by atoms with Crippen LogP contribution in [0.15, 0.2) is 16.8 Å². The van der Waals surface area contributed by atoms with Gasteiger partial charge in [0.15, 0.2) is 0 Å². The third-order valence-corrected chi connectivity index (χ3v) is 3.84. The molecular weight excluding hydrogens is 252 g/mol. The van der Waals surface area contributed by atoms with E-state index in [4.69, 9.17) is 4.52 Å². The number of rotatable bonds is 4. The first-order chi connectivity index (χ1) is 9.70. The molecule has 0 saturated heterocycles. The van der Waals surface area contributed by atoms with Gasteiger partial charge in [0.1, 0.15) is 11.5 Å². The molecule has 2 heterocycles. The van der Waals surface area contributed by atoms with Crippen LogP contribution in [-0.4, -0.2) is 20.7 Å². The van der Waals surface area contributed by atoms with Gasteiger partial charge in [-0.15, -0.1) is 0 Å². The first kappa shape index (κ1) is 13.2. The summed E-state index contributed by atoms with van der Waals surface area (Å²) in [5.41, 5.74) is 1.97.